The highest BCUT2D eigenvalue weighted by molar-refractivity contribution is 6.42. The van der Waals surface area contributed by atoms with Gasteiger partial charge in [0.15, 0.2) is 5.78 Å². The number of halogens is 4. The number of hydrogen-bond donors (Lipinski definition) is 2. The molecule has 5 nitrogen and oxygen atoms in total. The van der Waals surface area contributed by atoms with E-state index >= 15 is 4.39 Å². The van der Waals surface area contributed by atoms with Gasteiger partial charge >= 0.3 is 0 Å². The maximum absolute atomic E-state index is 15.3. The van der Waals surface area contributed by atoms with Crippen LogP contribution < -0.4 is 5.32 Å². The monoisotopic (exact) mass is 426 g/mol. The van der Waals surface area contributed by atoms with E-state index in [1.165, 1.54) is 32.2 Å². The summed E-state index contributed by atoms with van der Waals surface area (Å²) in [7, 11) is 1.41. The Balaban J connectivity index is 2.26. The van der Waals surface area contributed by atoms with Crippen molar-refractivity contribution in [3.63, 3.8) is 0 Å². The molecule has 0 radical (unpaired) electrons. The second kappa shape index (κ2) is 7.41. The fourth-order valence-corrected chi connectivity index (χ4v) is 3.30. The first-order chi connectivity index (χ1) is 13.2. The van der Waals surface area contributed by atoms with Crippen molar-refractivity contribution in [1.82, 2.24) is 10.0 Å². The number of likely N-dealkylation sites (N-methyl/N-ethyl adjacent to an activating group) is 1. The Kier molecular flexibility index (Phi) is 5.32. The van der Waals surface area contributed by atoms with E-state index in [-0.39, 0.29) is 44.2 Å². The number of carbonyl (C=O) groups excluding carboxylic acids is 2. The van der Waals surface area contributed by atoms with Crippen LogP contribution in [0.15, 0.2) is 24.3 Å². The van der Waals surface area contributed by atoms with E-state index in [4.69, 9.17) is 23.2 Å². The molecule has 0 spiro atoms. The molecule has 146 valence electrons. The van der Waals surface area contributed by atoms with Crippen molar-refractivity contribution in [2.45, 2.75) is 13.3 Å². The van der Waals surface area contributed by atoms with Gasteiger partial charge in [-0.1, -0.05) is 23.2 Å². The number of aromatic nitrogens is 1. The third-order valence-corrected chi connectivity index (χ3v) is 5.25. The molecule has 3 rings (SSSR count). The topological polar surface area (TPSA) is 71.3 Å². The molecule has 0 aliphatic rings. The fourth-order valence-electron chi connectivity index (χ4n) is 3.01. The zero-order valence-electron chi connectivity index (χ0n) is 14.7. The van der Waals surface area contributed by atoms with Crippen molar-refractivity contribution in [2.75, 3.05) is 7.05 Å². The van der Waals surface area contributed by atoms with E-state index in [0.717, 1.165) is 6.07 Å². The zero-order valence-corrected chi connectivity index (χ0v) is 16.3. The van der Waals surface area contributed by atoms with Gasteiger partial charge in [-0.05, 0) is 30.7 Å². The molecule has 0 saturated carbocycles. The summed E-state index contributed by atoms with van der Waals surface area (Å²) in [5.41, 5.74) is -0.736. The van der Waals surface area contributed by atoms with Gasteiger partial charge in [0.25, 0.3) is 0 Å². The number of carbonyl (C=O) groups is 2. The highest BCUT2D eigenvalue weighted by Crippen LogP contribution is 2.33. The third kappa shape index (κ3) is 3.21. The molecule has 0 aliphatic carbocycles. The lowest BCUT2D eigenvalue weighted by molar-refractivity contribution is -0.119. The summed E-state index contributed by atoms with van der Waals surface area (Å²) in [6.07, 6.45) is -0.255. The predicted molar refractivity (Wildman–Crippen MR) is 101 cm³/mol. The van der Waals surface area contributed by atoms with Gasteiger partial charge in [-0.15, -0.1) is 0 Å². The first-order valence-electron chi connectivity index (χ1n) is 8.08. The fraction of sp³-hybridized carbons (Fsp3) is 0.158. The molecule has 0 saturated heterocycles. The molecule has 2 aromatic carbocycles. The molecule has 9 heteroatoms. The smallest absolute Gasteiger partial charge is 0.224 e. The Hall–Kier alpha value is -2.64. The number of fused-ring (bicyclic) bond motifs is 1. The Bertz CT molecular complexity index is 1140. The van der Waals surface area contributed by atoms with Crippen LogP contribution in [-0.4, -0.2) is 28.7 Å². The van der Waals surface area contributed by atoms with E-state index in [2.05, 4.69) is 5.32 Å². The van der Waals surface area contributed by atoms with E-state index in [0.29, 0.717) is 4.73 Å². The highest BCUT2D eigenvalue weighted by Gasteiger charge is 2.28. The van der Waals surface area contributed by atoms with Crippen LogP contribution in [-0.2, 0) is 11.2 Å². The van der Waals surface area contributed by atoms with Crippen LogP contribution in [0.2, 0.25) is 10.0 Å². The van der Waals surface area contributed by atoms with Crippen molar-refractivity contribution in [3.05, 3.63) is 68.3 Å². The molecule has 0 atom stereocenters. The third-order valence-electron chi connectivity index (χ3n) is 4.51. The van der Waals surface area contributed by atoms with Crippen LogP contribution in [0.3, 0.4) is 0 Å². The van der Waals surface area contributed by atoms with E-state index in [9.17, 15) is 19.2 Å². The van der Waals surface area contributed by atoms with Gasteiger partial charge in [0.2, 0.25) is 5.91 Å². The van der Waals surface area contributed by atoms with Gasteiger partial charge in [0.05, 0.1) is 33.2 Å². The summed E-state index contributed by atoms with van der Waals surface area (Å²) in [6.45, 7) is 1.45. The molecule has 2 N–H and O–H groups in total. The number of hydrogen-bond acceptors (Lipinski definition) is 3. The number of amides is 1. The number of benzene rings is 2. The standard InChI is InChI=1S/C19H14Cl2F2N2O3/c1-8-10(6-15(26)24-2)16-14(25(8)28)7-13(22)17(18(16)23)19(27)9-3-4-11(20)12(21)5-9/h3-5,7,28H,6H2,1-2H3,(H,24,26). The Morgan fingerprint density at radius 3 is 2.46 bits per heavy atom. The molecular weight excluding hydrogens is 413 g/mol. The van der Waals surface area contributed by atoms with Crippen molar-refractivity contribution >= 4 is 45.8 Å². The summed E-state index contributed by atoms with van der Waals surface area (Å²) < 4.78 is 30.5. The normalized spacial score (nSPS) is 11.1. The summed E-state index contributed by atoms with van der Waals surface area (Å²) >= 11 is 11.7. The Morgan fingerprint density at radius 2 is 1.86 bits per heavy atom. The predicted octanol–water partition coefficient (Wildman–Crippen LogP) is 4.29. The maximum Gasteiger partial charge on any atom is 0.224 e. The van der Waals surface area contributed by atoms with Gasteiger partial charge in [-0.2, -0.15) is 4.73 Å². The van der Waals surface area contributed by atoms with Gasteiger partial charge < -0.3 is 10.5 Å². The largest absolute Gasteiger partial charge is 0.428 e. The molecule has 3 aromatic rings. The quantitative estimate of drug-likeness (QED) is 0.482. The summed E-state index contributed by atoms with van der Waals surface area (Å²) in [6, 6.07) is 4.71. The molecule has 1 amide bonds. The second-order valence-electron chi connectivity index (χ2n) is 6.13. The highest BCUT2D eigenvalue weighted by atomic mass is 35.5. The number of ketones is 1. The maximum atomic E-state index is 15.3. The van der Waals surface area contributed by atoms with Crippen LogP contribution in [0.5, 0.6) is 0 Å². The summed E-state index contributed by atoms with van der Waals surface area (Å²) in [4.78, 5) is 24.5. The molecule has 28 heavy (non-hydrogen) atoms. The molecule has 1 aromatic heterocycles. The molecule has 1 heterocycles. The Labute approximate surface area is 168 Å². The first kappa shape index (κ1) is 20.1. The lowest BCUT2D eigenvalue weighted by Gasteiger charge is -2.08. The Morgan fingerprint density at radius 1 is 1.18 bits per heavy atom. The van der Waals surface area contributed by atoms with Crippen molar-refractivity contribution in [1.29, 1.82) is 0 Å². The van der Waals surface area contributed by atoms with Gasteiger partial charge in [0, 0.05) is 24.1 Å². The zero-order chi connectivity index (χ0) is 20.7. The average Bonchev–Trinajstić information content (AvgIpc) is 2.88. The van der Waals surface area contributed by atoms with Gasteiger partial charge in [-0.25, -0.2) is 8.78 Å². The van der Waals surface area contributed by atoms with Crippen LogP contribution in [0.1, 0.15) is 27.2 Å². The lowest BCUT2D eigenvalue weighted by Crippen LogP contribution is -2.20. The van der Waals surface area contributed by atoms with Crippen molar-refractivity contribution in [3.8, 4) is 0 Å². The second-order valence-corrected chi connectivity index (χ2v) is 6.94. The lowest BCUT2D eigenvalue weighted by atomic mass is 9.98. The first-order valence-corrected chi connectivity index (χ1v) is 8.84. The molecule has 0 fully saturated rings. The number of rotatable bonds is 4. The molecular formula is C19H14Cl2F2N2O3. The average molecular weight is 427 g/mol. The van der Waals surface area contributed by atoms with Crippen LogP contribution >= 0.6 is 23.2 Å². The SMILES string of the molecule is CNC(=O)Cc1c(C)n(O)c2cc(F)c(C(=O)c3ccc(Cl)c(Cl)c3)c(F)c12. The number of nitrogens with one attached hydrogen (secondary N) is 1. The minimum atomic E-state index is -1.17. The van der Waals surface area contributed by atoms with Crippen LogP contribution in [0.4, 0.5) is 8.78 Å². The number of nitrogens with zero attached hydrogens (tertiary/aromatic N) is 1. The van der Waals surface area contributed by atoms with Gasteiger partial charge in [-0.3, -0.25) is 9.59 Å². The summed E-state index contributed by atoms with van der Waals surface area (Å²) in [5.74, 6) is -3.69. The van der Waals surface area contributed by atoms with E-state index in [1.54, 1.807) is 0 Å². The van der Waals surface area contributed by atoms with Crippen molar-refractivity contribution in [2.24, 2.45) is 0 Å². The van der Waals surface area contributed by atoms with Gasteiger partial charge in [0.1, 0.15) is 11.6 Å². The van der Waals surface area contributed by atoms with Crippen molar-refractivity contribution < 1.29 is 23.6 Å². The molecule has 0 aliphatic heterocycles. The molecule has 0 unspecified atom stereocenters. The minimum Gasteiger partial charge on any atom is -0.428 e. The van der Waals surface area contributed by atoms with Crippen LogP contribution in [0, 0.1) is 18.6 Å². The van der Waals surface area contributed by atoms with Crippen LogP contribution in [0.25, 0.3) is 10.9 Å². The molecule has 0 bridgehead atoms. The van der Waals surface area contributed by atoms with E-state index < -0.39 is 28.9 Å². The minimum absolute atomic E-state index is 0.0560. The van der Waals surface area contributed by atoms with E-state index in [1.807, 2.05) is 0 Å². The summed E-state index contributed by atoms with van der Waals surface area (Å²) in [5, 5.41) is 12.6.